The van der Waals surface area contributed by atoms with Crippen molar-refractivity contribution in [3.8, 4) is 28.5 Å². The van der Waals surface area contributed by atoms with Crippen molar-refractivity contribution in [3.63, 3.8) is 0 Å². The molecule has 0 fully saturated rings. The van der Waals surface area contributed by atoms with Crippen molar-refractivity contribution < 1.29 is 4.79 Å². The molecule has 0 bridgehead atoms. The first-order valence-corrected chi connectivity index (χ1v) is 10.9. The summed E-state index contributed by atoms with van der Waals surface area (Å²) in [5, 5.41) is 9.68. The van der Waals surface area contributed by atoms with Crippen LogP contribution < -0.4 is 4.90 Å². The van der Waals surface area contributed by atoms with E-state index in [9.17, 15) is 4.79 Å². The Morgan fingerprint density at radius 1 is 1.03 bits per heavy atom. The van der Waals surface area contributed by atoms with Crippen molar-refractivity contribution in [1.82, 2.24) is 24.1 Å². The molecule has 0 aliphatic rings. The smallest absolute Gasteiger partial charge is 0.223 e. The Labute approximate surface area is 199 Å². The van der Waals surface area contributed by atoms with Crippen molar-refractivity contribution in [2.45, 2.75) is 6.92 Å². The largest absolute Gasteiger partial charge is 0.316 e. The lowest BCUT2D eigenvalue weighted by molar-refractivity contribution is -0.116. The van der Waals surface area contributed by atoms with Crippen LogP contribution in [0.2, 0.25) is 10.0 Å². The minimum absolute atomic E-state index is 0.0403. The van der Waals surface area contributed by atoms with Gasteiger partial charge in [0.15, 0.2) is 5.82 Å². The number of hydrogen-bond donors (Lipinski definition) is 0. The van der Waals surface area contributed by atoms with E-state index in [-0.39, 0.29) is 5.91 Å². The second kappa shape index (κ2) is 8.35. The highest BCUT2D eigenvalue weighted by Gasteiger charge is 2.23. The Bertz CT molecular complexity index is 1490. The van der Waals surface area contributed by atoms with Crippen LogP contribution in [0.5, 0.6) is 0 Å². The van der Waals surface area contributed by atoms with E-state index in [0.29, 0.717) is 27.1 Å². The summed E-state index contributed by atoms with van der Waals surface area (Å²) in [4.78, 5) is 18.1. The second-order valence-electron chi connectivity index (χ2n) is 7.48. The quantitative estimate of drug-likeness (QED) is 0.341. The number of rotatable bonds is 4. The van der Waals surface area contributed by atoms with E-state index in [4.69, 9.17) is 28.2 Å². The van der Waals surface area contributed by atoms with Gasteiger partial charge in [0, 0.05) is 42.1 Å². The summed E-state index contributed by atoms with van der Waals surface area (Å²) < 4.78 is 3.82. The van der Waals surface area contributed by atoms with Crippen LogP contribution in [-0.4, -0.2) is 37.1 Å². The second-order valence-corrected chi connectivity index (χ2v) is 8.32. The van der Waals surface area contributed by atoms with Gasteiger partial charge >= 0.3 is 0 Å². The van der Waals surface area contributed by atoms with Gasteiger partial charge in [-0.1, -0.05) is 29.3 Å². The number of hydrogen-bond acceptors (Lipinski definition) is 4. The molecule has 5 aromatic rings. The van der Waals surface area contributed by atoms with E-state index in [1.807, 2.05) is 57.6 Å². The molecule has 0 atom stereocenters. The van der Waals surface area contributed by atoms with E-state index >= 15 is 0 Å². The van der Waals surface area contributed by atoms with Gasteiger partial charge in [-0.2, -0.15) is 0 Å². The van der Waals surface area contributed by atoms with Crippen LogP contribution in [0, 0.1) is 0 Å². The average Bonchev–Trinajstić information content (AvgIpc) is 3.44. The summed E-state index contributed by atoms with van der Waals surface area (Å²) in [6.45, 7) is 1.53. The lowest BCUT2D eigenvalue weighted by Crippen LogP contribution is -2.22. The van der Waals surface area contributed by atoms with Gasteiger partial charge < -0.3 is 4.90 Å². The van der Waals surface area contributed by atoms with Gasteiger partial charge in [0.1, 0.15) is 23.4 Å². The van der Waals surface area contributed by atoms with Crippen LogP contribution in [-0.2, 0) is 4.79 Å². The third-order valence-electron chi connectivity index (χ3n) is 5.46. The van der Waals surface area contributed by atoms with Gasteiger partial charge in [0.05, 0.1) is 5.02 Å². The van der Waals surface area contributed by atoms with Crippen LogP contribution in [0.1, 0.15) is 6.92 Å². The predicted molar refractivity (Wildman–Crippen MR) is 130 cm³/mol. The van der Waals surface area contributed by atoms with Gasteiger partial charge in [-0.15, -0.1) is 10.2 Å². The van der Waals surface area contributed by atoms with Gasteiger partial charge in [-0.3, -0.25) is 13.8 Å². The molecule has 0 saturated heterocycles. The van der Waals surface area contributed by atoms with Crippen LogP contribution in [0.4, 0.5) is 5.69 Å². The molecule has 0 spiro atoms. The van der Waals surface area contributed by atoms with Gasteiger partial charge in [0.2, 0.25) is 5.91 Å². The molecule has 2 aromatic carbocycles. The molecule has 0 radical (unpaired) electrons. The maximum atomic E-state index is 11.7. The number of aromatic nitrogens is 5. The average molecular weight is 477 g/mol. The number of carbonyl (C=O) groups excluding carboxylic acids is 1. The summed E-state index contributed by atoms with van der Waals surface area (Å²) >= 11 is 12.8. The Morgan fingerprint density at radius 3 is 2.58 bits per heavy atom. The van der Waals surface area contributed by atoms with Crippen molar-refractivity contribution in [2.24, 2.45) is 0 Å². The molecule has 1 amide bonds. The Kier molecular flexibility index (Phi) is 5.36. The zero-order valence-electron chi connectivity index (χ0n) is 17.8. The van der Waals surface area contributed by atoms with E-state index in [0.717, 1.165) is 22.7 Å². The molecular formula is C24H18Cl2N6O. The summed E-state index contributed by atoms with van der Waals surface area (Å²) in [7, 11) is 1.74. The number of pyridine rings is 1. The van der Waals surface area contributed by atoms with Gasteiger partial charge in [-0.05, 0) is 54.6 Å². The van der Waals surface area contributed by atoms with Crippen LogP contribution in [0.15, 0.2) is 73.2 Å². The molecule has 164 valence electrons. The first-order valence-electron chi connectivity index (χ1n) is 10.1. The molecule has 5 rings (SSSR count). The minimum atomic E-state index is -0.0403. The SMILES string of the molecule is CC(=O)N(C)c1ccc(-n2cnnc2-c2c(-c3cc(Cl)ccc3Cl)nc3ccccn23)cc1. The first kappa shape index (κ1) is 21.2. The summed E-state index contributed by atoms with van der Waals surface area (Å²) in [6, 6.07) is 18.6. The molecular weight excluding hydrogens is 459 g/mol. The molecule has 33 heavy (non-hydrogen) atoms. The van der Waals surface area contributed by atoms with Crippen molar-refractivity contribution in [3.05, 3.63) is 83.2 Å². The van der Waals surface area contributed by atoms with E-state index in [1.54, 1.807) is 36.5 Å². The number of halogens is 2. The van der Waals surface area contributed by atoms with E-state index in [1.165, 1.54) is 6.92 Å². The fourth-order valence-electron chi connectivity index (χ4n) is 3.68. The molecule has 9 heteroatoms. The standard InChI is InChI=1S/C24H18Cl2N6O/c1-15(33)30(2)17-7-9-18(10-8-17)32-14-27-29-24(32)23-22(19-13-16(25)6-11-20(19)26)28-21-5-3-4-12-31(21)23/h3-14H,1-2H3. The lowest BCUT2D eigenvalue weighted by Gasteiger charge is -2.15. The van der Waals surface area contributed by atoms with Crippen molar-refractivity contribution >= 4 is 40.4 Å². The third kappa shape index (κ3) is 3.75. The molecule has 3 aromatic heterocycles. The first-order chi connectivity index (χ1) is 15.9. The molecule has 0 aliphatic carbocycles. The zero-order chi connectivity index (χ0) is 23.1. The van der Waals surface area contributed by atoms with Crippen LogP contribution in [0.25, 0.3) is 34.1 Å². The van der Waals surface area contributed by atoms with Crippen molar-refractivity contribution in [1.29, 1.82) is 0 Å². The van der Waals surface area contributed by atoms with Crippen LogP contribution in [0.3, 0.4) is 0 Å². The lowest BCUT2D eigenvalue weighted by atomic mass is 10.1. The third-order valence-corrected chi connectivity index (χ3v) is 6.03. The molecule has 0 saturated carbocycles. The monoisotopic (exact) mass is 476 g/mol. The maximum Gasteiger partial charge on any atom is 0.223 e. The van der Waals surface area contributed by atoms with E-state index < -0.39 is 0 Å². The normalized spacial score (nSPS) is 11.2. The number of amides is 1. The highest BCUT2D eigenvalue weighted by Crippen LogP contribution is 2.37. The van der Waals surface area contributed by atoms with Gasteiger partial charge in [0.25, 0.3) is 0 Å². The number of nitrogens with zero attached hydrogens (tertiary/aromatic N) is 6. The number of carbonyl (C=O) groups is 1. The topological polar surface area (TPSA) is 68.3 Å². The highest BCUT2D eigenvalue weighted by molar-refractivity contribution is 6.35. The summed E-state index contributed by atoms with van der Waals surface area (Å²) in [5.74, 6) is 0.550. The molecule has 0 aliphatic heterocycles. The number of anilines is 1. The predicted octanol–water partition coefficient (Wildman–Crippen LogP) is 5.54. The molecule has 7 nitrogen and oxygen atoms in total. The molecule has 0 unspecified atom stereocenters. The highest BCUT2D eigenvalue weighted by atomic mass is 35.5. The Morgan fingerprint density at radius 2 is 1.82 bits per heavy atom. The number of benzene rings is 2. The van der Waals surface area contributed by atoms with E-state index in [2.05, 4.69) is 10.2 Å². The minimum Gasteiger partial charge on any atom is -0.316 e. The fourth-order valence-corrected chi connectivity index (χ4v) is 4.06. The zero-order valence-corrected chi connectivity index (χ0v) is 19.3. The van der Waals surface area contributed by atoms with Crippen molar-refractivity contribution in [2.75, 3.05) is 11.9 Å². The molecule has 3 heterocycles. The maximum absolute atomic E-state index is 11.7. The van der Waals surface area contributed by atoms with Gasteiger partial charge in [-0.25, -0.2) is 4.98 Å². The number of imidazole rings is 1. The summed E-state index contributed by atoms with van der Waals surface area (Å²) in [5.41, 5.74) is 4.46. The van der Waals surface area contributed by atoms with Crippen LogP contribution >= 0.6 is 23.2 Å². The Hall–Kier alpha value is -3.68. The fraction of sp³-hybridized carbons (Fsp3) is 0.0833. The Balaban J connectivity index is 1.70. The molecule has 0 N–H and O–H groups in total. The number of fused-ring (bicyclic) bond motifs is 1. The summed E-state index contributed by atoms with van der Waals surface area (Å²) in [6.07, 6.45) is 3.56.